The van der Waals surface area contributed by atoms with Crippen LogP contribution in [0.15, 0.2) is 41.0 Å². The molecule has 3 rings (SSSR count). The molecular weight excluding hydrogens is 552 g/mol. The van der Waals surface area contributed by atoms with Gasteiger partial charge in [-0.3, -0.25) is 14.6 Å². The zero-order valence-electron chi connectivity index (χ0n) is 17.7. The molecular formula is C21H14BrF6N3O4. The summed E-state index contributed by atoms with van der Waals surface area (Å²) in [5.74, 6) is -4.80. The number of ether oxygens (including phenoxy) is 2. The van der Waals surface area contributed by atoms with Gasteiger partial charge in [-0.25, -0.2) is 0 Å². The topological polar surface area (TPSA) is 89.5 Å². The fourth-order valence-corrected chi connectivity index (χ4v) is 3.56. The Morgan fingerprint density at radius 3 is 2.00 bits per heavy atom. The van der Waals surface area contributed by atoms with Gasteiger partial charge in [-0.15, -0.1) is 0 Å². The van der Waals surface area contributed by atoms with Gasteiger partial charge < -0.3 is 20.1 Å². The van der Waals surface area contributed by atoms with Gasteiger partial charge in [0, 0.05) is 28.0 Å². The molecule has 0 unspecified atom stereocenters. The maximum atomic E-state index is 12.9. The summed E-state index contributed by atoms with van der Waals surface area (Å²) >= 11 is 3.22. The van der Waals surface area contributed by atoms with Crippen LogP contribution in [0.3, 0.4) is 0 Å². The van der Waals surface area contributed by atoms with Crippen LogP contribution in [0.2, 0.25) is 0 Å². The summed E-state index contributed by atoms with van der Waals surface area (Å²) in [6, 6.07) is 6.52. The van der Waals surface area contributed by atoms with Crippen molar-refractivity contribution in [1.29, 1.82) is 0 Å². The molecule has 35 heavy (non-hydrogen) atoms. The summed E-state index contributed by atoms with van der Waals surface area (Å²) in [4.78, 5) is 27.2. The summed E-state index contributed by atoms with van der Waals surface area (Å²) in [5.41, 5.74) is -0.355. The van der Waals surface area contributed by atoms with E-state index in [0.717, 1.165) is 13.2 Å². The second-order valence-electron chi connectivity index (χ2n) is 6.84. The maximum absolute atomic E-state index is 12.9. The van der Waals surface area contributed by atoms with Crippen molar-refractivity contribution >= 4 is 50.0 Å². The first-order chi connectivity index (χ1) is 16.3. The number of benzene rings is 2. The van der Waals surface area contributed by atoms with Gasteiger partial charge in [0.25, 0.3) is 0 Å². The molecule has 186 valence electrons. The molecule has 14 heteroatoms. The van der Waals surface area contributed by atoms with E-state index in [0.29, 0.717) is 4.47 Å². The number of anilines is 2. The number of alkyl halides is 6. The van der Waals surface area contributed by atoms with Gasteiger partial charge in [-0.1, -0.05) is 15.9 Å². The Morgan fingerprint density at radius 1 is 0.857 bits per heavy atom. The molecule has 2 amide bonds. The molecule has 0 radical (unpaired) electrons. The number of methoxy groups -OCH3 is 2. The Bertz CT molecular complexity index is 1310. The minimum atomic E-state index is -5.19. The average Bonchev–Trinajstić information content (AvgIpc) is 2.77. The number of halogens is 7. The van der Waals surface area contributed by atoms with Crippen LogP contribution in [0.4, 0.5) is 37.7 Å². The van der Waals surface area contributed by atoms with Crippen LogP contribution in [0, 0.1) is 0 Å². The van der Waals surface area contributed by atoms with Crippen LogP contribution >= 0.6 is 15.9 Å². The largest absolute Gasteiger partial charge is 0.496 e. The van der Waals surface area contributed by atoms with Crippen LogP contribution in [-0.2, 0) is 9.59 Å². The van der Waals surface area contributed by atoms with E-state index < -0.39 is 29.9 Å². The number of pyridine rings is 1. The van der Waals surface area contributed by atoms with Gasteiger partial charge in [0.1, 0.15) is 11.3 Å². The third-order valence-corrected chi connectivity index (χ3v) is 5.13. The highest BCUT2D eigenvalue weighted by atomic mass is 79.9. The molecule has 0 aliphatic carbocycles. The van der Waals surface area contributed by atoms with E-state index in [1.54, 1.807) is 10.6 Å². The molecule has 7 nitrogen and oxygen atoms in total. The molecule has 0 aliphatic rings. The number of fused-ring (bicyclic) bond motifs is 1. The SMILES string of the molecule is COc1c(NC(=O)C(F)(F)F)cc(OC)c2c(-c3cc(Br)ccc3NC(=O)C(F)(F)F)ccnc12. The molecule has 0 saturated carbocycles. The van der Waals surface area contributed by atoms with E-state index in [2.05, 4.69) is 20.9 Å². The number of hydrogen-bond acceptors (Lipinski definition) is 5. The van der Waals surface area contributed by atoms with Gasteiger partial charge in [-0.05, 0) is 29.8 Å². The monoisotopic (exact) mass is 565 g/mol. The van der Waals surface area contributed by atoms with Crippen molar-refractivity contribution < 1.29 is 45.4 Å². The fourth-order valence-electron chi connectivity index (χ4n) is 3.20. The Balaban J connectivity index is 2.29. The molecule has 0 aliphatic heterocycles. The fraction of sp³-hybridized carbons (Fsp3) is 0.190. The highest BCUT2D eigenvalue weighted by Crippen LogP contribution is 2.45. The Labute approximate surface area is 201 Å². The molecule has 0 fully saturated rings. The third kappa shape index (κ3) is 5.42. The third-order valence-electron chi connectivity index (χ3n) is 4.64. The molecule has 0 bridgehead atoms. The van der Waals surface area contributed by atoms with Crippen molar-refractivity contribution in [1.82, 2.24) is 4.98 Å². The van der Waals surface area contributed by atoms with Crippen molar-refractivity contribution in [3.05, 3.63) is 41.0 Å². The number of aromatic nitrogens is 1. The molecule has 2 N–H and O–H groups in total. The smallest absolute Gasteiger partial charge is 0.471 e. The van der Waals surface area contributed by atoms with Crippen molar-refractivity contribution in [3.63, 3.8) is 0 Å². The first-order valence-electron chi connectivity index (χ1n) is 9.38. The standard InChI is InChI=1S/C21H14BrF6N3O4/c1-34-14-8-13(31-19(33)21(26,27)28)17(35-2)16-15(14)10(5-6-29-16)11-7-9(22)3-4-12(11)30-18(32)20(23,24)25/h3-8H,1-2H3,(H,30,32)(H,31,33). The Kier molecular flexibility index (Phi) is 7.15. The second kappa shape index (κ2) is 9.60. The number of amides is 2. The normalized spacial score (nSPS) is 11.8. The van der Waals surface area contributed by atoms with Gasteiger partial charge >= 0.3 is 24.2 Å². The maximum Gasteiger partial charge on any atom is 0.471 e. The molecule has 0 saturated heterocycles. The van der Waals surface area contributed by atoms with Gasteiger partial charge in [0.05, 0.1) is 25.3 Å². The van der Waals surface area contributed by atoms with Gasteiger partial charge in [0.2, 0.25) is 0 Å². The highest BCUT2D eigenvalue weighted by Gasteiger charge is 2.40. The van der Waals surface area contributed by atoms with E-state index in [-0.39, 0.29) is 39.2 Å². The summed E-state index contributed by atoms with van der Waals surface area (Å²) < 4.78 is 88.0. The van der Waals surface area contributed by atoms with E-state index in [4.69, 9.17) is 9.47 Å². The summed E-state index contributed by atoms with van der Waals surface area (Å²) in [6.07, 6.45) is -9.12. The van der Waals surface area contributed by atoms with E-state index in [1.165, 1.54) is 37.6 Å². The summed E-state index contributed by atoms with van der Waals surface area (Å²) in [5, 5.41) is 3.63. The zero-order valence-corrected chi connectivity index (χ0v) is 19.3. The molecule has 1 heterocycles. The Morgan fingerprint density at radius 2 is 1.46 bits per heavy atom. The lowest BCUT2D eigenvalue weighted by atomic mass is 9.98. The molecule has 0 spiro atoms. The predicted octanol–water partition coefficient (Wildman–Crippen LogP) is 5.68. The molecule has 2 aromatic carbocycles. The van der Waals surface area contributed by atoms with E-state index >= 15 is 0 Å². The first kappa shape index (κ1) is 26.1. The van der Waals surface area contributed by atoms with Crippen LogP contribution in [0.25, 0.3) is 22.0 Å². The summed E-state index contributed by atoms with van der Waals surface area (Å²) in [7, 11) is 2.33. The minimum Gasteiger partial charge on any atom is -0.496 e. The van der Waals surface area contributed by atoms with Crippen molar-refractivity contribution in [3.8, 4) is 22.6 Å². The van der Waals surface area contributed by atoms with Gasteiger partial charge in [-0.2, -0.15) is 26.3 Å². The molecule has 1 aromatic heterocycles. The average molecular weight is 566 g/mol. The molecule has 3 aromatic rings. The van der Waals surface area contributed by atoms with E-state index in [1.807, 2.05) is 0 Å². The van der Waals surface area contributed by atoms with Crippen LogP contribution in [-0.4, -0.2) is 43.4 Å². The lowest BCUT2D eigenvalue weighted by Crippen LogP contribution is -2.30. The number of carbonyl (C=O) groups excluding carboxylic acids is 2. The van der Waals surface area contributed by atoms with Crippen LogP contribution < -0.4 is 20.1 Å². The van der Waals surface area contributed by atoms with Crippen molar-refractivity contribution in [2.75, 3.05) is 24.9 Å². The van der Waals surface area contributed by atoms with Crippen molar-refractivity contribution in [2.24, 2.45) is 0 Å². The number of rotatable bonds is 5. The zero-order chi connectivity index (χ0) is 26.1. The van der Waals surface area contributed by atoms with Crippen LogP contribution in [0.5, 0.6) is 11.5 Å². The predicted molar refractivity (Wildman–Crippen MR) is 117 cm³/mol. The van der Waals surface area contributed by atoms with Gasteiger partial charge in [0.15, 0.2) is 5.75 Å². The number of hydrogen-bond donors (Lipinski definition) is 2. The quantitative estimate of drug-likeness (QED) is 0.388. The summed E-state index contributed by atoms with van der Waals surface area (Å²) in [6.45, 7) is 0. The molecule has 0 atom stereocenters. The van der Waals surface area contributed by atoms with E-state index in [9.17, 15) is 35.9 Å². The Hall–Kier alpha value is -3.55. The number of carbonyl (C=O) groups is 2. The van der Waals surface area contributed by atoms with Crippen LogP contribution in [0.1, 0.15) is 0 Å². The minimum absolute atomic E-state index is 0.0603. The second-order valence-corrected chi connectivity index (χ2v) is 7.75. The number of nitrogens with one attached hydrogen (secondary N) is 2. The first-order valence-corrected chi connectivity index (χ1v) is 10.2. The lowest BCUT2D eigenvalue weighted by Gasteiger charge is -2.19. The van der Waals surface area contributed by atoms with Crippen molar-refractivity contribution in [2.45, 2.75) is 12.4 Å². The lowest BCUT2D eigenvalue weighted by molar-refractivity contribution is -0.167. The number of nitrogens with zero attached hydrogens (tertiary/aromatic N) is 1. The highest BCUT2D eigenvalue weighted by molar-refractivity contribution is 9.10.